The Labute approximate surface area is 128 Å². The molecule has 1 aromatic carbocycles. The first kappa shape index (κ1) is 13.3. The van der Waals surface area contributed by atoms with Crippen molar-refractivity contribution in [3.63, 3.8) is 0 Å². The smallest absolute Gasteiger partial charge is 0.209 e. The number of hydrogen-bond donors (Lipinski definition) is 0. The summed E-state index contributed by atoms with van der Waals surface area (Å²) in [5.74, 6) is 0.468. The molecule has 0 aliphatic carbocycles. The third kappa shape index (κ3) is 2.23. The van der Waals surface area contributed by atoms with Gasteiger partial charge in [0.25, 0.3) is 0 Å². The summed E-state index contributed by atoms with van der Waals surface area (Å²) in [5.41, 5.74) is 1.51. The molecule has 0 spiro atoms. The molecule has 0 radical (unpaired) electrons. The van der Waals surface area contributed by atoms with E-state index in [1.54, 1.807) is 10.9 Å². The van der Waals surface area contributed by atoms with E-state index in [4.69, 9.17) is 11.6 Å². The van der Waals surface area contributed by atoms with Crippen molar-refractivity contribution in [1.82, 2.24) is 30.0 Å². The van der Waals surface area contributed by atoms with Gasteiger partial charge in [-0.15, -0.1) is 10.2 Å². The zero-order valence-electron chi connectivity index (χ0n) is 10.5. The topological polar surface area (TPSA) is 61.4 Å². The lowest BCUT2D eigenvalue weighted by Crippen LogP contribution is -1.98. The normalized spacial score (nSPS) is 10.9. The molecule has 3 rings (SSSR count). The van der Waals surface area contributed by atoms with Crippen LogP contribution in [0.1, 0.15) is 6.92 Å². The molecule has 0 amide bonds. The van der Waals surface area contributed by atoms with Crippen LogP contribution < -0.4 is 0 Å². The molecule has 0 unspecified atom stereocenters. The van der Waals surface area contributed by atoms with Gasteiger partial charge in [-0.05, 0) is 40.2 Å². The van der Waals surface area contributed by atoms with Crippen molar-refractivity contribution >= 4 is 27.5 Å². The number of tetrazole rings is 1. The van der Waals surface area contributed by atoms with Crippen LogP contribution in [0.3, 0.4) is 0 Å². The maximum Gasteiger partial charge on any atom is 0.209 e. The summed E-state index contributed by atoms with van der Waals surface area (Å²) < 4.78 is 2.54. The van der Waals surface area contributed by atoms with Gasteiger partial charge >= 0.3 is 0 Å². The molecule has 0 N–H and O–H groups in total. The van der Waals surface area contributed by atoms with Gasteiger partial charge < -0.3 is 0 Å². The first-order chi connectivity index (χ1) is 9.70. The molecular formula is C12H10BrClN6. The number of nitrogens with zero attached hydrogens (tertiary/aromatic N) is 6. The van der Waals surface area contributed by atoms with Gasteiger partial charge in [0, 0.05) is 4.47 Å². The van der Waals surface area contributed by atoms with Crippen molar-refractivity contribution in [2.24, 2.45) is 0 Å². The van der Waals surface area contributed by atoms with Crippen LogP contribution in [0.25, 0.3) is 17.1 Å². The van der Waals surface area contributed by atoms with E-state index in [9.17, 15) is 0 Å². The molecular weight excluding hydrogens is 344 g/mol. The van der Waals surface area contributed by atoms with Crippen LogP contribution >= 0.6 is 27.5 Å². The highest BCUT2D eigenvalue weighted by Crippen LogP contribution is 2.29. The molecule has 0 atom stereocenters. The van der Waals surface area contributed by atoms with E-state index < -0.39 is 0 Å². The van der Waals surface area contributed by atoms with E-state index >= 15 is 0 Å². The van der Waals surface area contributed by atoms with Crippen molar-refractivity contribution in [1.29, 1.82) is 0 Å². The van der Waals surface area contributed by atoms with E-state index in [1.807, 2.05) is 31.2 Å². The highest BCUT2D eigenvalue weighted by atomic mass is 79.9. The Morgan fingerprint density at radius 2 is 2.10 bits per heavy atom. The average Bonchev–Trinajstić information content (AvgIpc) is 3.06. The van der Waals surface area contributed by atoms with Gasteiger partial charge in [0.15, 0.2) is 0 Å². The van der Waals surface area contributed by atoms with Gasteiger partial charge in [-0.1, -0.05) is 23.7 Å². The minimum atomic E-state index is 0.451. The fourth-order valence-electron chi connectivity index (χ4n) is 1.76. The minimum absolute atomic E-state index is 0.451. The number of rotatable bonds is 3. The Bertz CT molecular complexity index is 750. The number of aromatic nitrogens is 6. The van der Waals surface area contributed by atoms with Crippen molar-refractivity contribution < 1.29 is 0 Å². The summed E-state index contributed by atoms with van der Waals surface area (Å²) in [6, 6.07) is 7.70. The largest absolute Gasteiger partial charge is 0.220 e. The minimum Gasteiger partial charge on any atom is -0.220 e. The second-order valence-electron chi connectivity index (χ2n) is 4.01. The van der Waals surface area contributed by atoms with Gasteiger partial charge in [0.05, 0.1) is 24.0 Å². The number of hydrogen-bond acceptors (Lipinski definition) is 4. The molecule has 2 heterocycles. The molecule has 6 nitrogen and oxygen atoms in total. The number of halogens is 2. The number of para-hydroxylation sites is 1. The highest BCUT2D eigenvalue weighted by Gasteiger charge is 2.17. The molecule has 8 heteroatoms. The SMILES string of the molecule is CCn1nnc(-c2cnn(-c3ccccc3Br)c2Cl)n1. The third-order valence-electron chi connectivity index (χ3n) is 2.77. The van der Waals surface area contributed by atoms with Crippen LogP contribution in [-0.2, 0) is 6.54 Å². The zero-order chi connectivity index (χ0) is 14.1. The highest BCUT2D eigenvalue weighted by molar-refractivity contribution is 9.10. The Hall–Kier alpha value is -1.73. The van der Waals surface area contributed by atoms with E-state index in [-0.39, 0.29) is 0 Å². The van der Waals surface area contributed by atoms with Crippen molar-refractivity contribution in [2.75, 3.05) is 0 Å². The fourth-order valence-corrected chi connectivity index (χ4v) is 2.48. The Balaban J connectivity index is 2.07. The van der Waals surface area contributed by atoms with E-state index in [0.29, 0.717) is 23.1 Å². The molecule has 20 heavy (non-hydrogen) atoms. The van der Waals surface area contributed by atoms with E-state index in [2.05, 4.69) is 36.4 Å². The Morgan fingerprint density at radius 3 is 2.80 bits per heavy atom. The zero-order valence-corrected chi connectivity index (χ0v) is 12.9. The molecule has 0 aliphatic heterocycles. The van der Waals surface area contributed by atoms with Crippen LogP contribution in [0.5, 0.6) is 0 Å². The molecule has 0 saturated carbocycles. The van der Waals surface area contributed by atoms with Gasteiger partial charge in [0.2, 0.25) is 5.82 Å². The Morgan fingerprint density at radius 1 is 1.30 bits per heavy atom. The van der Waals surface area contributed by atoms with Crippen LogP contribution in [0.4, 0.5) is 0 Å². The summed E-state index contributed by atoms with van der Waals surface area (Å²) in [6.45, 7) is 2.60. The maximum absolute atomic E-state index is 6.38. The quantitative estimate of drug-likeness (QED) is 0.726. The lowest BCUT2D eigenvalue weighted by Gasteiger charge is -2.05. The van der Waals surface area contributed by atoms with Crippen molar-refractivity contribution in [3.05, 3.63) is 40.1 Å². The first-order valence-corrected chi connectivity index (χ1v) is 7.14. The van der Waals surface area contributed by atoms with Crippen LogP contribution in [0, 0.1) is 0 Å². The fraction of sp³-hybridized carbons (Fsp3) is 0.167. The molecule has 0 fully saturated rings. The van der Waals surface area contributed by atoms with Crippen LogP contribution in [0.15, 0.2) is 34.9 Å². The summed E-state index contributed by atoms with van der Waals surface area (Å²) in [5, 5.41) is 16.9. The van der Waals surface area contributed by atoms with Crippen molar-refractivity contribution in [2.45, 2.75) is 13.5 Å². The van der Waals surface area contributed by atoms with Crippen LogP contribution in [0.2, 0.25) is 5.15 Å². The summed E-state index contributed by atoms with van der Waals surface area (Å²) in [6.07, 6.45) is 1.64. The Kier molecular flexibility index (Phi) is 3.54. The molecule has 0 saturated heterocycles. The average molecular weight is 354 g/mol. The first-order valence-electron chi connectivity index (χ1n) is 5.97. The summed E-state index contributed by atoms with van der Waals surface area (Å²) >= 11 is 9.86. The van der Waals surface area contributed by atoms with Crippen molar-refractivity contribution in [3.8, 4) is 17.1 Å². The third-order valence-corrected chi connectivity index (χ3v) is 3.80. The summed E-state index contributed by atoms with van der Waals surface area (Å²) in [7, 11) is 0. The molecule has 3 aromatic rings. The second-order valence-corrected chi connectivity index (χ2v) is 5.23. The predicted octanol–water partition coefficient (Wildman–Crippen LogP) is 2.96. The van der Waals surface area contributed by atoms with Gasteiger partial charge in [-0.25, -0.2) is 4.68 Å². The molecule has 2 aromatic heterocycles. The lowest BCUT2D eigenvalue weighted by molar-refractivity contribution is 0.553. The van der Waals surface area contributed by atoms with E-state index in [0.717, 1.165) is 10.2 Å². The lowest BCUT2D eigenvalue weighted by atomic mass is 10.3. The maximum atomic E-state index is 6.38. The van der Waals surface area contributed by atoms with Gasteiger partial charge in [0.1, 0.15) is 5.15 Å². The number of benzene rings is 1. The van der Waals surface area contributed by atoms with Gasteiger partial charge in [-0.3, -0.25) is 0 Å². The summed E-state index contributed by atoms with van der Waals surface area (Å²) in [4.78, 5) is 1.50. The molecule has 102 valence electrons. The van der Waals surface area contributed by atoms with Gasteiger partial charge in [-0.2, -0.15) is 9.90 Å². The second kappa shape index (κ2) is 5.34. The number of aryl methyl sites for hydroxylation is 1. The standard InChI is InChI=1S/C12H10BrClN6/c1-2-19-17-12(16-18-19)8-7-15-20(11(8)14)10-6-4-3-5-9(10)13/h3-7H,2H2,1H3. The van der Waals surface area contributed by atoms with Crippen LogP contribution in [-0.4, -0.2) is 30.0 Å². The molecule has 0 aliphatic rings. The monoisotopic (exact) mass is 352 g/mol. The predicted molar refractivity (Wildman–Crippen MR) is 78.8 cm³/mol. The molecule has 0 bridgehead atoms. The van der Waals surface area contributed by atoms with E-state index in [1.165, 1.54) is 4.80 Å².